The molecule has 0 aromatic heterocycles. The van der Waals surface area contributed by atoms with Gasteiger partial charge in [-0.2, -0.15) is 5.26 Å². The van der Waals surface area contributed by atoms with Gasteiger partial charge in [0.05, 0.1) is 6.07 Å². The summed E-state index contributed by atoms with van der Waals surface area (Å²) in [6.07, 6.45) is 0.607. The lowest BCUT2D eigenvalue weighted by Crippen LogP contribution is -1.91. The second-order valence-corrected chi connectivity index (χ2v) is 2.89. The topological polar surface area (TPSA) is 44.0 Å². The normalized spacial score (nSPS) is 9.62. The molecule has 0 atom stereocenters. The number of phenols is 1. The van der Waals surface area contributed by atoms with Crippen LogP contribution in [0, 0.1) is 24.1 Å². The maximum absolute atomic E-state index is 13.1. The number of benzene rings is 1. The van der Waals surface area contributed by atoms with E-state index in [1.54, 1.807) is 6.92 Å². The zero-order valence-corrected chi connectivity index (χ0v) is 7.34. The Bertz CT molecular complexity index is 355. The van der Waals surface area contributed by atoms with Crippen molar-refractivity contribution in [2.24, 2.45) is 0 Å². The summed E-state index contributed by atoms with van der Waals surface area (Å²) in [5.41, 5.74) is 0.905. The number of nitrogens with zero attached hydrogens (tertiary/aromatic N) is 1. The van der Waals surface area contributed by atoms with Crippen LogP contribution < -0.4 is 0 Å². The first-order chi connectivity index (χ1) is 6.15. The van der Waals surface area contributed by atoms with Crippen molar-refractivity contribution in [3.8, 4) is 11.8 Å². The zero-order valence-electron chi connectivity index (χ0n) is 7.34. The molecule has 0 bridgehead atoms. The van der Waals surface area contributed by atoms with Gasteiger partial charge in [-0.1, -0.05) is 0 Å². The number of hydrogen-bond donors (Lipinski definition) is 1. The Morgan fingerprint density at radius 3 is 2.85 bits per heavy atom. The predicted octanol–water partition coefficient (Wildman–Crippen LogP) is 2.30. The largest absolute Gasteiger partial charge is 0.508 e. The Kier molecular flexibility index (Phi) is 2.86. The highest BCUT2D eigenvalue weighted by Gasteiger charge is 2.05. The first-order valence-electron chi connectivity index (χ1n) is 4.00. The molecule has 0 spiro atoms. The molecule has 0 saturated heterocycles. The molecule has 0 heterocycles. The van der Waals surface area contributed by atoms with Gasteiger partial charge in [0.25, 0.3) is 0 Å². The van der Waals surface area contributed by atoms with Crippen LogP contribution in [0.15, 0.2) is 12.1 Å². The Labute approximate surface area is 76.2 Å². The van der Waals surface area contributed by atoms with Crippen molar-refractivity contribution >= 4 is 0 Å². The summed E-state index contributed by atoms with van der Waals surface area (Å²) in [6, 6.07) is 4.59. The first-order valence-corrected chi connectivity index (χ1v) is 4.00. The molecule has 68 valence electrons. The molecule has 1 N–H and O–H groups in total. The summed E-state index contributed by atoms with van der Waals surface area (Å²) in [4.78, 5) is 0. The predicted molar refractivity (Wildman–Crippen MR) is 46.7 cm³/mol. The lowest BCUT2D eigenvalue weighted by Gasteiger charge is -2.03. The fraction of sp³-hybridized carbons (Fsp3) is 0.300. The quantitative estimate of drug-likeness (QED) is 0.756. The molecule has 0 saturated carbocycles. The highest BCUT2D eigenvalue weighted by molar-refractivity contribution is 5.36. The van der Waals surface area contributed by atoms with E-state index in [0.717, 1.165) is 0 Å². The van der Waals surface area contributed by atoms with E-state index in [-0.39, 0.29) is 18.0 Å². The molecule has 2 nitrogen and oxygen atoms in total. The molecule has 1 aromatic carbocycles. The number of nitriles is 1. The van der Waals surface area contributed by atoms with Gasteiger partial charge in [0, 0.05) is 6.42 Å². The van der Waals surface area contributed by atoms with Crippen LogP contribution in [0.5, 0.6) is 5.75 Å². The molecule has 0 aliphatic carbocycles. The van der Waals surface area contributed by atoms with Crippen LogP contribution in [0.1, 0.15) is 17.5 Å². The molecule has 0 amide bonds. The van der Waals surface area contributed by atoms with E-state index in [1.165, 1.54) is 12.1 Å². The van der Waals surface area contributed by atoms with E-state index in [4.69, 9.17) is 5.26 Å². The maximum atomic E-state index is 13.1. The minimum Gasteiger partial charge on any atom is -0.508 e. The number of rotatable bonds is 2. The third-order valence-electron chi connectivity index (χ3n) is 1.87. The number of hydrogen-bond acceptors (Lipinski definition) is 2. The summed E-state index contributed by atoms with van der Waals surface area (Å²) in [6.45, 7) is 1.63. The fourth-order valence-corrected chi connectivity index (χ4v) is 1.09. The summed E-state index contributed by atoms with van der Waals surface area (Å²) in [5, 5.41) is 17.6. The standard InChI is InChI=1S/C10H10FNO/c1-7-5-9(11)8(3-2-4-12)6-10(7)13/h5-6,13H,2-3H2,1H3. The van der Waals surface area contributed by atoms with Gasteiger partial charge in [0.2, 0.25) is 0 Å². The lowest BCUT2D eigenvalue weighted by molar-refractivity contribution is 0.467. The van der Waals surface area contributed by atoms with Crippen molar-refractivity contribution in [1.29, 1.82) is 5.26 Å². The van der Waals surface area contributed by atoms with Crippen LogP contribution in [-0.2, 0) is 6.42 Å². The SMILES string of the molecule is Cc1cc(F)c(CCC#N)cc1O. The van der Waals surface area contributed by atoms with Gasteiger partial charge in [-0.25, -0.2) is 4.39 Å². The van der Waals surface area contributed by atoms with E-state index < -0.39 is 0 Å². The molecule has 0 radical (unpaired) electrons. The number of phenolic OH excluding ortho intramolecular Hbond substituents is 1. The van der Waals surface area contributed by atoms with E-state index >= 15 is 0 Å². The minimum absolute atomic E-state index is 0.0781. The van der Waals surface area contributed by atoms with Crippen molar-refractivity contribution < 1.29 is 9.50 Å². The molecule has 0 aliphatic rings. The fourth-order valence-electron chi connectivity index (χ4n) is 1.09. The van der Waals surface area contributed by atoms with Crippen LogP contribution in [-0.4, -0.2) is 5.11 Å². The van der Waals surface area contributed by atoms with Gasteiger partial charge in [-0.3, -0.25) is 0 Å². The van der Waals surface area contributed by atoms with Gasteiger partial charge in [-0.15, -0.1) is 0 Å². The molecule has 0 aliphatic heterocycles. The van der Waals surface area contributed by atoms with Crippen molar-refractivity contribution in [3.05, 3.63) is 29.1 Å². The molecule has 1 rings (SSSR count). The van der Waals surface area contributed by atoms with Crippen molar-refractivity contribution in [3.63, 3.8) is 0 Å². The number of aryl methyl sites for hydroxylation is 2. The van der Waals surface area contributed by atoms with Crippen LogP contribution >= 0.6 is 0 Å². The van der Waals surface area contributed by atoms with Gasteiger partial charge in [-0.05, 0) is 36.6 Å². The zero-order chi connectivity index (χ0) is 9.84. The van der Waals surface area contributed by atoms with Gasteiger partial charge < -0.3 is 5.11 Å². The van der Waals surface area contributed by atoms with Crippen LogP contribution in [0.2, 0.25) is 0 Å². The molecule has 0 fully saturated rings. The average molecular weight is 179 g/mol. The molecular weight excluding hydrogens is 169 g/mol. The number of halogens is 1. The van der Waals surface area contributed by atoms with Crippen molar-refractivity contribution in [2.75, 3.05) is 0 Å². The molecule has 13 heavy (non-hydrogen) atoms. The van der Waals surface area contributed by atoms with E-state index in [2.05, 4.69) is 0 Å². The minimum atomic E-state index is -0.356. The second-order valence-electron chi connectivity index (χ2n) is 2.89. The van der Waals surface area contributed by atoms with Gasteiger partial charge >= 0.3 is 0 Å². The molecule has 1 aromatic rings. The Balaban J connectivity index is 2.96. The van der Waals surface area contributed by atoms with E-state index in [0.29, 0.717) is 17.5 Å². The number of aromatic hydroxyl groups is 1. The van der Waals surface area contributed by atoms with Crippen molar-refractivity contribution in [2.45, 2.75) is 19.8 Å². The average Bonchev–Trinajstić information content (AvgIpc) is 2.09. The van der Waals surface area contributed by atoms with Crippen LogP contribution in [0.3, 0.4) is 0 Å². The van der Waals surface area contributed by atoms with Crippen molar-refractivity contribution in [1.82, 2.24) is 0 Å². The third-order valence-corrected chi connectivity index (χ3v) is 1.87. The van der Waals surface area contributed by atoms with Crippen LogP contribution in [0.4, 0.5) is 4.39 Å². The Morgan fingerprint density at radius 1 is 1.54 bits per heavy atom. The molecule has 0 unspecified atom stereocenters. The third kappa shape index (κ3) is 2.19. The lowest BCUT2D eigenvalue weighted by atomic mass is 10.1. The highest BCUT2D eigenvalue weighted by Crippen LogP contribution is 2.21. The molecular formula is C10H10FNO. The molecule has 3 heteroatoms. The smallest absolute Gasteiger partial charge is 0.126 e. The van der Waals surface area contributed by atoms with E-state index in [9.17, 15) is 9.50 Å². The first kappa shape index (κ1) is 9.53. The van der Waals surface area contributed by atoms with Crippen LogP contribution in [0.25, 0.3) is 0 Å². The van der Waals surface area contributed by atoms with Gasteiger partial charge in [0.1, 0.15) is 11.6 Å². The summed E-state index contributed by atoms with van der Waals surface area (Å²) >= 11 is 0. The summed E-state index contributed by atoms with van der Waals surface area (Å²) in [7, 11) is 0. The maximum Gasteiger partial charge on any atom is 0.126 e. The Hall–Kier alpha value is -1.56. The monoisotopic (exact) mass is 179 g/mol. The van der Waals surface area contributed by atoms with Gasteiger partial charge in [0.15, 0.2) is 0 Å². The summed E-state index contributed by atoms with van der Waals surface area (Å²) in [5.74, 6) is -0.278. The second kappa shape index (κ2) is 3.90. The Morgan fingerprint density at radius 2 is 2.23 bits per heavy atom. The van der Waals surface area contributed by atoms with E-state index in [1.807, 2.05) is 6.07 Å². The highest BCUT2D eigenvalue weighted by atomic mass is 19.1. The summed E-state index contributed by atoms with van der Waals surface area (Å²) < 4.78 is 13.1.